The Morgan fingerprint density at radius 2 is 0.411 bits per heavy atom. The molecule has 90 heavy (non-hydrogen) atoms. The summed E-state index contributed by atoms with van der Waals surface area (Å²) in [6, 6.07) is 0. The molecule has 10 saturated heterocycles. The summed E-state index contributed by atoms with van der Waals surface area (Å²) < 4.78 is 76.2. The fourth-order valence-corrected chi connectivity index (χ4v) is 27.0. The van der Waals surface area contributed by atoms with Crippen LogP contribution in [0.1, 0.15) is 193 Å². The van der Waals surface area contributed by atoms with Gasteiger partial charge in [-0.1, -0.05) is 115 Å². The van der Waals surface area contributed by atoms with E-state index in [1.807, 2.05) is 0 Å². The van der Waals surface area contributed by atoms with Crippen LogP contribution in [0.3, 0.4) is 0 Å². The second-order valence-electron chi connectivity index (χ2n) is 32.3. The van der Waals surface area contributed by atoms with Crippen molar-refractivity contribution in [3.05, 3.63) is 5.32 Å². The van der Waals surface area contributed by atoms with Crippen LogP contribution in [0.2, 0.25) is 0 Å². The molecular weight excluding hydrogens is 1240 g/mol. The molecule has 34 unspecified atom stereocenters. The van der Waals surface area contributed by atoms with Gasteiger partial charge in [-0.3, -0.25) is 69.1 Å². The number of nitrogens with one attached hydrogen (secondary N) is 15. The van der Waals surface area contributed by atoms with E-state index < -0.39 is 30.7 Å². The van der Waals surface area contributed by atoms with Gasteiger partial charge in [0.15, 0.2) is 0 Å². The summed E-state index contributed by atoms with van der Waals surface area (Å²) >= 11 is 0. The van der Waals surface area contributed by atoms with Crippen molar-refractivity contribution >= 4 is 20.2 Å². The van der Waals surface area contributed by atoms with Crippen molar-refractivity contribution in [2.45, 2.75) is 302 Å². The second-order valence-corrected chi connectivity index (χ2v) is 35.5. The van der Waals surface area contributed by atoms with Crippen molar-refractivity contribution in [3.8, 4) is 0 Å². The second kappa shape index (κ2) is 27.3. The van der Waals surface area contributed by atoms with Crippen LogP contribution in [0.15, 0.2) is 0 Å². The largest absolute Gasteiger partial charge is 2.00 e. The maximum Gasteiger partial charge on any atom is 2.00 e. The van der Waals surface area contributed by atoms with Gasteiger partial charge in [0.05, 0.1) is 117 Å². The van der Waals surface area contributed by atoms with Crippen LogP contribution in [0.4, 0.5) is 0 Å². The van der Waals surface area contributed by atoms with E-state index >= 15 is 0 Å². The van der Waals surface area contributed by atoms with E-state index in [0.29, 0.717) is 90.0 Å². The van der Waals surface area contributed by atoms with Crippen LogP contribution in [0.5, 0.6) is 0 Å². The Morgan fingerprint density at radius 3 is 0.633 bits per heavy atom. The number of fused-ring (bicyclic) bond motifs is 40. The van der Waals surface area contributed by atoms with Crippen molar-refractivity contribution in [1.29, 1.82) is 0 Å². The maximum atomic E-state index is 12.7. The fourth-order valence-electron chi connectivity index (χ4n) is 24.6. The zero-order chi connectivity index (χ0) is 59.2. The Bertz CT molecular complexity index is 2550. The van der Waals surface area contributed by atoms with Crippen LogP contribution in [0, 0.1) is 94.7 Å². The molecule has 0 spiro atoms. The van der Waals surface area contributed by atoms with E-state index in [1.54, 1.807) is 0 Å². The summed E-state index contributed by atoms with van der Waals surface area (Å²) in [5.41, 5.74) is 0. The van der Waals surface area contributed by atoms with E-state index in [-0.39, 0.29) is 163 Å². The third kappa shape index (κ3) is 12.4. The number of hydrogen-bond donors (Lipinski definition) is 15. The normalized spacial score (nSPS) is 54.3. The predicted octanol–water partition coefficient (Wildman–Crippen LogP) is 0.0442. The van der Waals surface area contributed by atoms with Gasteiger partial charge in [0, 0.05) is 11.8 Å². The number of rotatable bonds is 2. The van der Waals surface area contributed by atoms with Gasteiger partial charge in [-0.25, -0.2) is 16.8 Å². The Kier molecular flexibility index (Phi) is 20.2. The van der Waals surface area contributed by atoms with Crippen molar-refractivity contribution in [1.82, 2.24) is 79.8 Å². The molecule has 22 nitrogen and oxygen atoms in total. The van der Waals surface area contributed by atoms with Gasteiger partial charge in [-0.2, -0.15) is 0 Å². The molecule has 0 aromatic rings. The Balaban J connectivity index is 0.000000147. The third-order valence-corrected chi connectivity index (χ3v) is 30.9. The molecule has 0 aromatic carbocycles. The molecule has 8 saturated carbocycles. The molecule has 505 valence electrons. The van der Waals surface area contributed by atoms with Gasteiger partial charge in [0.1, 0.15) is 0 Å². The van der Waals surface area contributed by atoms with Gasteiger partial charge in [-0.15, -0.1) is 0 Å². The monoisotopic (exact) mass is 1350 g/mol. The summed E-state index contributed by atoms with van der Waals surface area (Å²) in [5.74, 6) is 6.48. The zero-order valence-corrected chi connectivity index (χ0v) is 57.9. The standard InChI is InChI=1S/C32H56N8O3S.C32H55N8O3S.Cu.Na/c2*41-44(42,43)23-15-7-14-22-24(23)32-39-30-21-13-6-5-12-20(21)28(37-30)35-26-17-9-2-1-8-16(17)25(33-26)34-27-18-10-3-4-11-19(18)29(36-27)38-31(22)40-32;;/h16-40H,1-15H2,(H,41,42,43);16-32,34-40H,1-15H2,(H,41,42,43);;/q;-1;+2;+1/p-2. The van der Waals surface area contributed by atoms with Gasteiger partial charge in [0.25, 0.3) is 0 Å². The first-order chi connectivity index (χ1) is 42.8. The van der Waals surface area contributed by atoms with Crippen LogP contribution >= 0.6 is 0 Å². The first-order valence-electron chi connectivity index (χ1n) is 36.8. The van der Waals surface area contributed by atoms with E-state index in [9.17, 15) is 25.9 Å². The van der Waals surface area contributed by atoms with Crippen molar-refractivity contribution in [3.63, 3.8) is 0 Å². The quantitative estimate of drug-likeness (QED) is 0.128. The molecule has 10 heterocycles. The molecule has 18 fully saturated rings. The topological polar surface area (TPSA) is 309 Å². The smallest absolute Gasteiger partial charge is 0.748 e. The van der Waals surface area contributed by atoms with Gasteiger partial charge < -0.3 is 25.1 Å². The van der Waals surface area contributed by atoms with E-state index in [2.05, 4.69) is 79.8 Å². The molecule has 18 aliphatic rings. The molecule has 15 N–H and O–H groups in total. The predicted molar refractivity (Wildman–Crippen MR) is 332 cm³/mol. The molecule has 8 aliphatic carbocycles. The summed E-state index contributed by atoms with van der Waals surface area (Å²) in [7, 11) is -8.81. The molecular formula is C64H109CuN16NaO6S2. The van der Waals surface area contributed by atoms with E-state index in [4.69, 9.17) is 5.32 Å². The minimum absolute atomic E-state index is 0. The van der Waals surface area contributed by atoms with Gasteiger partial charge in [0.2, 0.25) is 0 Å². The summed E-state index contributed by atoms with van der Waals surface area (Å²) in [5, 5.41) is 64.3. The average molecular weight is 1350 g/mol. The number of nitrogens with zero attached hydrogens (tertiary/aromatic N) is 1. The molecule has 10 aliphatic heterocycles. The van der Waals surface area contributed by atoms with Gasteiger partial charge in [-0.05, 0) is 173 Å². The van der Waals surface area contributed by atoms with E-state index in [0.717, 1.165) is 25.7 Å². The SMILES string of the molecule is O=S(=O)([O-])C1CCCC2C3NC4NC(NC5NC(NC6NC(NC(N3)C21)C1CCCCC61)C1CCCCC51)C1CCCCC41.O=S(=O)([O-])C1CCCC2C3NC4NC(NC5[N-]C(NC6NC(NC(N3)C21)C1CCCCC61)C1CCCCC51)C1CCCCC41.[Cu+2].[Na+]. The first-order valence-corrected chi connectivity index (χ1v) is 39.8. The van der Waals surface area contributed by atoms with Crippen molar-refractivity contribution in [2.75, 3.05) is 0 Å². The number of hydrogen-bond acceptors (Lipinski definition) is 21. The molecule has 1 radical (unpaired) electrons. The summed E-state index contributed by atoms with van der Waals surface area (Å²) in [4.78, 5) is 0. The summed E-state index contributed by atoms with van der Waals surface area (Å²) in [6.45, 7) is 0. The van der Waals surface area contributed by atoms with Crippen LogP contribution in [0.25, 0.3) is 5.32 Å². The van der Waals surface area contributed by atoms with Crippen LogP contribution in [-0.4, -0.2) is 135 Å². The van der Waals surface area contributed by atoms with Crippen LogP contribution < -0.4 is 109 Å². The third-order valence-electron chi connectivity index (χ3n) is 28.3. The molecule has 16 bridgehead atoms. The van der Waals surface area contributed by atoms with Crippen LogP contribution in [-0.2, 0) is 37.3 Å². The molecule has 34 atom stereocenters. The molecule has 18 rings (SSSR count). The van der Waals surface area contributed by atoms with Gasteiger partial charge >= 0.3 is 46.6 Å². The average Bonchev–Trinajstić information content (AvgIpc) is 1.61. The minimum atomic E-state index is -4.41. The first kappa shape index (κ1) is 66.6. The Labute approximate surface area is 570 Å². The van der Waals surface area contributed by atoms with Crippen molar-refractivity contribution < 1.29 is 72.6 Å². The minimum Gasteiger partial charge on any atom is -0.748 e. The Morgan fingerprint density at radius 1 is 0.233 bits per heavy atom. The molecule has 0 aromatic heterocycles. The van der Waals surface area contributed by atoms with Crippen molar-refractivity contribution in [2.24, 2.45) is 94.7 Å². The van der Waals surface area contributed by atoms with E-state index in [1.165, 1.54) is 154 Å². The summed E-state index contributed by atoms with van der Waals surface area (Å²) in [6.07, 6.45) is 36.4. The fraction of sp³-hybridized carbons (Fsp3) is 1.00. The molecule has 26 heteroatoms. The zero-order valence-electron chi connectivity index (χ0n) is 53.4. The Hall–Kier alpha value is 0.699. The molecule has 0 amide bonds. The maximum absolute atomic E-state index is 12.7.